The summed E-state index contributed by atoms with van der Waals surface area (Å²) in [5.41, 5.74) is 3.29. The van der Waals surface area contributed by atoms with Crippen LogP contribution in [0.2, 0.25) is 0 Å². The van der Waals surface area contributed by atoms with Crippen LogP contribution in [0.1, 0.15) is 29.3 Å². The van der Waals surface area contributed by atoms with Crippen LogP contribution >= 0.6 is 0 Å². The molecule has 0 saturated carbocycles. The van der Waals surface area contributed by atoms with Gasteiger partial charge in [0.15, 0.2) is 0 Å². The zero-order valence-electron chi connectivity index (χ0n) is 13.2. The van der Waals surface area contributed by atoms with Gasteiger partial charge in [0.05, 0.1) is 16.8 Å². The second-order valence-corrected chi connectivity index (χ2v) is 6.78. The van der Waals surface area contributed by atoms with Gasteiger partial charge < -0.3 is 0 Å². The Morgan fingerprint density at radius 3 is 2.64 bits per heavy atom. The lowest BCUT2D eigenvalue weighted by atomic mass is 10.2. The van der Waals surface area contributed by atoms with E-state index in [2.05, 4.69) is 15.0 Å². The smallest absolute Gasteiger partial charge is 0.272 e. The van der Waals surface area contributed by atoms with Crippen molar-refractivity contribution in [2.75, 3.05) is 0 Å². The third-order valence-electron chi connectivity index (χ3n) is 3.30. The van der Waals surface area contributed by atoms with E-state index in [0.29, 0.717) is 5.56 Å². The highest BCUT2D eigenvalue weighted by atomic mass is 32.2. The van der Waals surface area contributed by atoms with E-state index < -0.39 is 10.0 Å². The van der Waals surface area contributed by atoms with Crippen LogP contribution in [0.4, 0.5) is 0 Å². The number of nitrogens with zero attached hydrogens (tertiary/aromatic N) is 3. The van der Waals surface area contributed by atoms with Gasteiger partial charge in [0, 0.05) is 18.3 Å². The molecule has 1 heterocycles. The first-order chi connectivity index (χ1) is 10.3. The van der Waals surface area contributed by atoms with Crippen LogP contribution in [0.25, 0.3) is 0 Å². The number of hydrogen-bond donors (Lipinski definition) is 1. The second-order valence-electron chi connectivity index (χ2n) is 5.15. The van der Waals surface area contributed by atoms with E-state index in [-0.39, 0.29) is 4.90 Å². The second kappa shape index (κ2) is 6.31. The molecule has 0 saturated heterocycles. The van der Waals surface area contributed by atoms with Gasteiger partial charge in [-0.05, 0) is 39.3 Å². The highest BCUT2D eigenvalue weighted by Crippen LogP contribution is 2.16. The molecule has 0 radical (unpaired) electrons. The number of sulfonamides is 1. The summed E-state index contributed by atoms with van der Waals surface area (Å²) >= 11 is 0. The molecular weight excluding hydrogens is 300 g/mol. The number of aromatic nitrogens is 2. The van der Waals surface area contributed by atoms with Crippen LogP contribution in [0.3, 0.4) is 0 Å². The van der Waals surface area contributed by atoms with Gasteiger partial charge in [-0.2, -0.15) is 18.6 Å². The molecule has 22 heavy (non-hydrogen) atoms. The zero-order valence-corrected chi connectivity index (χ0v) is 14.0. The number of rotatable bonds is 5. The molecule has 0 amide bonds. The third kappa shape index (κ3) is 3.54. The Morgan fingerprint density at radius 2 is 2.05 bits per heavy atom. The predicted octanol–water partition coefficient (Wildman–Crippen LogP) is 2.14. The Hall–Kier alpha value is -2.15. The van der Waals surface area contributed by atoms with Crippen LogP contribution in [-0.2, 0) is 16.6 Å². The highest BCUT2D eigenvalue weighted by Gasteiger charge is 2.15. The van der Waals surface area contributed by atoms with E-state index in [9.17, 15) is 8.42 Å². The van der Waals surface area contributed by atoms with Crippen molar-refractivity contribution in [2.24, 2.45) is 5.10 Å². The van der Waals surface area contributed by atoms with Crippen molar-refractivity contribution < 1.29 is 8.42 Å². The van der Waals surface area contributed by atoms with E-state index in [1.165, 1.54) is 6.21 Å². The average Bonchev–Trinajstić information content (AvgIpc) is 2.79. The maximum absolute atomic E-state index is 12.3. The van der Waals surface area contributed by atoms with Crippen LogP contribution < -0.4 is 4.83 Å². The van der Waals surface area contributed by atoms with E-state index >= 15 is 0 Å². The van der Waals surface area contributed by atoms with Crippen LogP contribution in [-0.4, -0.2) is 24.4 Å². The number of benzene rings is 1. The Balaban J connectivity index is 2.18. The van der Waals surface area contributed by atoms with Gasteiger partial charge in [-0.1, -0.05) is 17.7 Å². The molecule has 0 aliphatic heterocycles. The molecule has 0 aliphatic rings. The maximum atomic E-state index is 12.3. The lowest BCUT2D eigenvalue weighted by Gasteiger charge is -2.07. The molecule has 0 unspecified atom stereocenters. The Labute approximate surface area is 130 Å². The Bertz CT molecular complexity index is 807. The summed E-state index contributed by atoms with van der Waals surface area (Å²) in [5.74, 6) is 0. The SMILES string of the molecule is CCn1cc(C=NNS(=O)(=O)c2ccc(C)cc2C)c(C)n1. The minimum absolute atomic E-state index is 0.233. The first kappa shape index (κ1) is 16.2. The Morgan fingerprint density at radius 1 is 1.32 bits per heavy atom. The number of aryl methyl sites for hydroxylation is 4. The van der Waals surface area contributed by atoms with Crippen molar-refractivity contribution >= 4 is 16.2 Å². The van der Waals surface area contributed by atoms with Gasteiger partial charge in [-0.25, -0.2) is 4.83 Å². The van der Waals surface area contributed by atoms with E-state index in [0.717, 1.165) is 23.4 Å². The quantitative estimate of drug-likeness (QED) is 0.677. The van der Waals surface area contributed by atoms with Crippen LogP contribution in [0.15, 0.2) is 34.4 Å². The zero-order chi connectivity index (χ0) is 16.3. The topological polar surface area (TPSA) is 76.3 Å². The van der Waals surface area contributed by atoms with Crippen LogP contribution in [0, 0.1) is 20.8 Å². The minimum Gasteiger partial charge on any atom is -0.272 e. The molecule has 0 atom stereocenters. The van der Waals surface area contributed by atoms with Gasteiger partial charge in [0.1, 0.15) is 0 Å². The predicted molar refractivity (Wildman–Crippen MR) is 86.5 cm³/mol. The van der Waals surface area contributed by atoms with Crippen molar-refractivity contribution in [3.05, 3.63) is 46.8 Å². The summed E-state index contributed by atoms with van der Waals surface area (Å²) < 4.78 is 26.3. The lowest BCUT2D eigenvalue weighted by molar-refractivity contribution is 0.584. The molecule has 0 bridgehead atoms. The van der Waals surface area contributed by atoms with Crippen molar-refractivity contribution in [2.45, 2.75) is 39.1 Å². The third-order valence-corrected chi connectivity index (χ3v) is 4.69. The first-order valence-electron chi connectivity index (χ1n) is 6.99. The number of hydrogen-bond acceptors (Lipinski definition) is 4. The summed E-state index contributed by atoms with van der Waals surface area (Å²) in [6, 6.07) is 5.18. The molecule has 7 heteroatoms. The van der Waals surface area contributed by atoms with E-state index in [1.54, 1.807) is 23.7 Å². The molecule has 6 nitrogen and oxygen atoms in total. The van der Waals surface area contributed by atoms with Gasteiger partial charge in [0.2, 0.25) is 0 Å². The molecule has 2 rings (SSSR count). The molecule has 1 N–H and O–H groups in total. The van der Waals surface area contributed by atoms with Crippen molar-refractivity contribution in [1.82, 2.24) is 14.6 Å². The lowest BCUT2D eigenvalue weighted by Crippen LogP contribution is -2.19. The first-order valence-corrected chi connectivity index (χ1v) is 8.48. The van der Waals surface area contributed by atoms with Crippen molar-refractivity contribution in [3.8, 4) is 0 Å². The number of hydrazone groups is 1. The van der Waals surface area contributed by atoms with Gasteiger partial charge in [-0.15, -0.1) is 0 Å². The normalized spacial score (nSPS) is 12.0. The molecule has 0 aliphatic carbocycles. The van der Waals surface area contributed by atoms with Gasteiger partial charge in [-0.3, -0.25) is 4.68 Å². The fraction of sp³-hybridized carbons (Fsp3) is 0.333. The van der Waals surface area contributed by atoms with Gasteiger partial charge in [0.25, 0.3) is 10.0 Å². The van der Waals surface area contributed by atoms with Crippen molar-refractivity contribution in [1.29, 1.82) is 0 Å². The summed E-state index contributed by atoms with van der Waals surface area (Å²) in [5, 5.41) is 8.12. The minimum atomic E-state index is -3.66. The van der Waals surface area contributed by atoms with Crippen LogP contribution in [0.5, 0.6) is 0 Å². The fourth-order valence-corrected chi connectivity index (χ4v) is 3.16. The summed E-state index contributed by atoms with van der Waals surface area (Å²) in [4.78, 5) is 2.48. The summed E-state index contributed by atoms with van der Waals surface area (Å²) in [7, 11) is -3.66. The molecule has 0 fully saturated rings. The highest BCUT2D eigenvalue weighted by molar-refractivity contribution is 7.89. The molecular formula is C15H20N4O2S. The monoisotopic (exact) mass is 320 g/mol. The summed E-state index contributed by atoms with van der Waals surface area (Å²) in [6.07, 6.45) is 3.29. The van der Waals surface area contributed by atoms with E-state index in [4.69, 9.17) is 0 Å². The number of nitrogens with one attached hydrogen (secondary N) is 1. The average molecular weight is 320 g/mol. The molecule has 0 spiro atoms. The maximum Gasteiger partial charge on any atom is 0.276 e. The molecule has 1 aromatic carbocycles. The summed E-state index contributed by atoms with van der Waals surface area (Å²) in [6.45, 7) is 8.27. The largest absolute Gasteiger partial charge is 0.276 e. The fourth-order valence-electron chi connectivity index (χ4n) is 2.14. The standard InChI is InChI=1S/C15H20N4O2S/c1-5-19-10-14(13(4)17-19)9-16-18-22(20,21)15-7-6-11(2)8-12(15)3/h6-10,18H,5H2,1-4H3. The molecule has 118 valence electrons. The molecule has 2 aromatic rings. The molecule has 1 aromatic heterocycles. The Kier molecular flexibility index (Phi) is 4.65. The van der Waals surface area contributed by atoms with E-state index in [1.807, 2.05) is 33.0 Å². The van der Waals surface area contributed by atoms with Gasteiger partial charge >= 0.3 is 0 Å². The van der Waals surface area contributed by atoms with Crippen molar-refractivity contribution in [3.63, 3.8) is 0 Å².